The van der Waals surface area contributed by atoms with Gasteiger partial charge in [0.25, 0.3) is 0 Å². The number of ketones is 1. The largest absolute Gasteiger partial charge is 0.493 e. The molecule has 6 nitrogen and oxygen atoms in total. The van der Waals surface area contributed by atoms with Crippen LogP contribution in [-0.4, -0.2) is 42.8 Å². The number of aromatic nitrogens is 2. The van der Waals surface area contributed by atoms with Crippen LogP contribution in [0.5, 0.6) is 17.2 Å². The summed E-state index contributed by atoms with van der Waals surface area (Å²) in [6.45, 7) is 0. The predicted octanol–water partition coefficient (Wildman–Crippen LogP) is 2.48. The molecular weight excluding hydrogens is 304 g/mol. The van der Waals surface area contributed by atoms with Crippen molar-refractivity contribution in [2.75, 3.05) is 27.1 Å². The van der Waals surface area contributed by atoms with E-state index >= 15 is 0 Å². The van der Waals surface area contributed by atoms with Crippen LogP contribution < -0.4 is 14.2 Å². The molecule has 0 saturated heterocycles. The fourth-order valence-electron chi connectivity index (χ4n) is 1.89. The Morgan fingerprint density at radius 3 is 2.32 bits per heavy atom. The Morgan fingerprint density at radius 1 is 1.05 bits per heavy atom. The summed E-state index contributed by atoms with van der Waals surface area (Å²) in [5.74, 6) is 1.37. The molecule has 0 N–H and O–H groups in total. The first-order chi connectivity index (χ1) is 10.7. The number of methoxy groups -OCH3 is 3. The highest BCUT2D eigenvalue weighted by Gasteiger charge is 2.20. The second-order valence-corrected chi connectivity index (χ2v) is 5.07. The Labute approximate surface area is 132 Å². The Balaban J connectivity index is 2.22. The van der Waals surface area contributed by atoms with Crippen molar-refractivity contribution in [2.45, 2.75) is 5.16 Å². The van der Waals surface area contributed by atoms with E-state index in [1.165, 1.54) is 33.1 Å². The molecule has 0 amide bonds. The van der Waals surface area contributed by atoms with Crippen LogP contribution in [0.25, 0.3) is 0 Å². The van der Waals surface area contributed by atoms with Gasteiger partial charge in [-0.25, -0.2) is 9.97 Å². The molecule has 0 aliphatic rings. The lowest BCUT2D eigenvalue weighted by Crippen LogP contribution is -2.07. The van der Waals surface area contributed by atoms with Gasteiger partial charge in [0.2, 0.25) is 5.75 Å². The topological polar surface area (TPSA) is 70.5 Å². The molecule has 0 saturated carbocycles. The summed E-state index contributed by atoms with van der Waals surface area (Å²) in [5, 5.41) is 0.551. The number of hydrogen-bond donors (Lipinski definition) is 0. The van der Waals surface area contributed by atoms with Gasteiger partial charge in [0.15, 0.2) is 22.4 Å². The molecule has 7 heteroatoms. The maximum absolute atomic E-state index is 12.4. The molecule has 22 heavy (non-hydrogen) atoms. The van der Waals surface area contributed by atoms with Crippen LogP contribution in [0.2, 0.25) is 0 Å². The maximum Gasteiger partial charge on any atom is 0.204 e. The Kier molecular flexibility index (Phi) is 5.60. The monoisotopic (exact) mass is 320 g/mol. The van der Waals surface area contributed by atoms with Gasteiger partial charge in [-0.05, 0) is 18.2 Å². The van der Waals surface area contributed by atoms with Gasteiger partial charge in [0, 0.05) is 12.4 Å². The molecule has 0 spiro atoms. The standard InChI is InChI=1S/C15H16N2O4S/c1-19-12-6-5-10(13(20-2)14(12)21-3)11(18)9-22-15-16-7-4-8-17-15/h4-8H,9H2,1-3H3. The summed E-state index contributed by atoms with van der Waals surface area (Å²) in [5.41, 5.74) is 0.434. The number of Topliss-reactive ketones (excluding diaryl/α,β-unsaturated/α-hetero) is 1. The molecule has 116 valence electrons. The van der Waals surface area contributed by atoms with Crippen molar-refractivity contribution in [2.24, 2.45) is 0 Å². The smallest absolute Gasteiger partial charge is 0.204 e. The molecule has 1 aromatic heterocycles. The predicted molar refractivity (Wildman–Crippen MR) is 83.2 cm³/mol. The molecule has 0 radical (unpaired) electrons. The molecule has 2 aromatic rings. The molecule has 0 fully saturated rings. The average molecular weight is 320 g/mol. The molecule has 0 aliphatic heterocycles. The number of benzene rings is 1. The van der Waals surface area contributed by atoms with Gasteiger partial charge in [0.1, 0.15) is 0 Å². The second kappa shape index (κ2) is 7.65. The quantitative estimate of drug-likeness (QED) is 0.441. The van der Waals surface area contributed by atoms with E-state index < -0.39 is 0 Å². The van der Waals surface area contributed by atoms with Gasteiger partial charge < -0.3 is 14.2 Å². The molecule has 1 heterocycles. The van der Waals surface area contributed by atoms with E-state index in [-0.39, 0.29) is 11.5 Å². The van der Waals surface area contributed by atoms with Crippen molar-refractivity contribution in [3.8, 4) is 17.2 Å². The second-order valence-electron chi connectivity index (χ2n) is 4.13. The lowest BCUT2D eigenvalue weighted by atomic mass is 10.1. The number of carbonyl (C=O) groups is 1. The van der Waals surface area contributed by atoms with Gasteiger partial charge in [-0.2, -0.15) is 0 Å². The van der Waals surface area contributed by atoms with Crippen molar-refractivity contribution >= 4 is 17.5 Å². The third-order valence-electron chi connectivity index (χ3n) is 2.88. The van der Waals surface area contributed by atoms with Crippen LogP contribution in [0.3, 0.4) is 0 Å². The van der Waals surface area contributed by atoms with Crippen molar-refractivity contribution in [3.63, 3.8) is 0 Å². The zero-order chi connectivity index (χ0) is 15.9. The lowest BCUT2D eigenvalue weighted by molar-refractivity contribution is 0.101. The van der Waals surface area contributed by atoms with E-state index in [2.05, 4.69) is 9.97 Å². The SMILES string of the molecule is COc1ccc(C(=O)CSc2ncccn2)c(OC)c1OC. The van der Waals surface area contributed by atoms with Crippen LogP contribution in [-0.2, 0) is 0 Å². The first-order valence-corrected chi connectivity index (χ1v) is 7.41. The van der Waals surface area contributed by atoms with Crippen LogP contribution in [0.1, 0.15) is 10.4 Å². The zero-order valence-electron chi connectivity index (χ0n) is 12.5. The van der Waals surface area contributed by atoms with E-state index in [1.807, 2.05) is 0 Å². The van der Waals surface area contributed by atoms with Crippen LogP contribution in [0, 0.1) is 0 Å². The summed E-state index contributed by atoms with van der Waals surface area (Å²) in [6.07, 6.45) is 3.27. The number of carbonyl (C=O) groups excluding carboxylic acids is 1. The number of hydrogen-bond acceptors (Lipinski definition) is 7. The first-order valence-electron chi connectivity index (χ1n) is 6.43. The van der Waals surface area contributed by atoms with E-state index in [4.69, 9.17) is 14.2 Å². The minimum atomic E-state index is -0.102. The average Bonchev–Trinajstić information content (AvgIpc) is 2.58. The molecule has 0 unspecified atom stereocenters. The fourth-order valence-corrected chi connectivity index (χ4v) is 2.58. The Bertz CT molecular complexity index is 649. The highest BCUT2D eigenvalue weighted by atomic mass is 32.2. The highest BCUT2D eigenvalue weighted by molar-refractivity contribution is 7.99. The molecule has 2 rings (SSSR count). The Morgan fingerprint density at radius 2 is 1.73 bits per heavy atom. The number of rotatable bonds is 7. The van der Waals surface area contributed by atoms with Gasteiger partial charge in [-0.1, -0.05) is 11.8 Å². The van der Waals surface area contributed by atoms with Crippen molar-refractivity contribution in [1.82, 2.24) is 9.97 Å². The zero-order valence-corrected chi connectivity index (χ0v) is 13.3. The molecule has 0 aliphatic carbocycles. The van der Waals surface area contributed by atoms with Crippen LogP contribution in [0.15, 0.2) is 35.7 Å². The normalized spacial score (nSPS) is 10.1. The summed E-state index contributed by atoms with van der Waals surface area (Å²) in [4.78, 5) is 20.6. The molecular formula is C15H16N2O4S. The Hall–Kier alpha value is -2.28. The highest BCUT2D eigenvalue weighted by Crippen LogP contribution is 2.40. The minimum absolute atomic E-state index is 0.102. The minimum Gasteiger partial charge on any atom is -0.493 e. The number of ether oxygens (including phenoxy) is 3. The summed E-state index contributed by atoms with van der Waals surface area (Å²) in [6, 6.07) is 5.07. The molecule has 0 atom stereocenters. The van der Waals surface area contributed by atoms with Gasteiger partial charge in [-0.3, -0.25) is 4.79 Å². The summed E-state index contributed by atoms with van der Waals surface area (Å²) in [7, 11) is 4.52. The van der Waals surface area contributed by atoms with E-state index in [9.17, 15) is 4.79 Å². The van der Waals surface area contributed by atoms with Crippen molar-refractivity contribution < 1.29 is 19.0 Å². The van der Waals surface area contributed by atoms with E-state index in [0.717, 1.165) is 0 Å². The fraction of sp³-hybridized carbons (Fsp3) is 0.267. The summed E-state index contributed by atoms with van der Waals surface area (Å²) < 4.78 is 15.8. The summed E-state index contributed by atoms with van der Waals surface area (Å²) >= 11 is 1.27. The number of nitrogens with zero attached hydrogens (tertiary/aromatic N) is 2. The maximum atomic E-state index is 12.4. The van der Waals surface area contributed by atoms with Crippen LogP contribution >= 0.6 is 11.8 Å². The van der Waals surface area contributed by atoms with Crippen LogP contribution in [0.4, 0.5) is 0 Å². The molecule has 1 aromatic carbocycles. The van der Waals surface area contributed by atoms with Crippen molar-refractivity contribution in [1.29, 1.82) is 0 Å². The first kappa shape index (κ1) is 16.1. The van der Waals surface area contributed by atoms with Gasteiger partial charge >= 0.3 is 0 Å². The third kappa shape index (κ3) is 3.48. The van der Waals surface area contributed by atoms with Crippen molar-refractivity contribution in [3.05, 3.63) is 36.2 Å². The van der Waals surface area contributed by atoms with Gasteiger partial charge in [0.05, 0.1) is 32.6 Å². The van der Waals surface area contributed by atoms with E-state index in [1.54, 1.807) is 30.6 Å². The lowest BCUT2D eigenvalue weighted by Gasteiger charge is -2.14. The number of thioether (sulfide) groups is 1. The van der Waals surface area contributed by atoms with E-state index in [0.29, 0.717) is 28.0 Å². The molecule has 0 bridgehead atoms. The van der Waals surface area contributed by atoms with Gasteiger partial charge in [-0.15, -0.1) is 0 Å². The third-order valence-corrected chi connectivity index (χ3v) is 3.75.